The summed E-state index contributed by atoms with van der Waals surface area (Å²) >= 11 is 0. The van der Waals surface area contributed by atoms with E-state index < -0.39 is 28.1 Å². The first kappa shape index (κ1) is 17.9. The molecule has 0 unspecified atom stereocenters. The average molecular weight is 341 g/mol. The Balaban J connectivity index is 2.48. The highest BCUT2D eigenvalue weighted by atomic mass is 32.2. The fourth-order valence-corrected chi connectivity index (χ4v) is 4.97. The van der Waals surface area contributed by atoms with E-state index in [0.717, 1.165) is 12.8 Å². The van der Waals surface area contributed by atoms with E-state index >= 15 is 0 Å². The number of nitrogens with zero attached hydrogens (tertiary/aromatic N) is 1. The number of ether oxygens (including phenoxy) is 1. The molecule has 7 heteroatoms. The van der Waals surface area contributed by atoms with Gasteiger partial charge in [-0.05, 0) is 44.4 Å². The second-order valence-corrected chi connectivity index (χ2v) is 7.75. The van der Waals surface area contributed by atoms with Gasteiger partial charge >= 0.3 is 5.97 Å². The number of aliphatic hydroxyl groups excluding tert-OH is 1. The first-order valence-corrected chi connectivity index (χ1v) is 9.12. The Kier molecular flexibility index (Phi) is 5.44. The number of hydrogen-bond acceptors (Lipinski definition) is 5. The summed E-state index contributed by atoms with van der Waals surface area (Å²) in [5.74, 6) is -0.577. The number of carbonyl (C=O) groups is 1. The Morgan fingerprint density at radius 3 is 2.70 bits per heavy atom. The van der Waals surface area contributed by atoms with E-state index in [4.69, 9.17) is 0 Å². The summed E-state index contributed by atoms with van der Waals surface area (Å²) in [6, 6.07) is 4.06. The zero-order valence-corrected chi connectivity index (χ0v) is 14.5. The number of piperidine rings is 1. The van der Waals surface area contributed by atoms with Gasteiger partial charge in [0.15, 0.2) is 0 Å². The predicted molar refractivity (Wildman–Crippen MR) is 85.7 cm³/mol. The molecule has 1 saturated heterocycles. The van der Waals surface area contributed by atoms with Gasteiger partial charge in [0.25, 0.3) is 0 Å². The molecular formula is C16H23NO5S. The van der Waals surface area contributed by atoms with Gasteiger partial charge < -0.3 is 9.84 Å². The molecule has 1 aromatic carbocycles. The number of sulfonamides is 1. The van der Waals surface area contributed by atoms with Crippen LogP contribution in [0.5, 0.6) is 0 Å². The molecule has 0 saturated carbocycles. The molecule has 0 amide bonds. The maximum atomic E-state index is 13.0. The topological polar surface area (TPSA) is 83.9 Å². The van der Waals surface area contributed by atoms with Crippen LogP contribution >= 0.6 is 0 Å². The predicted octanol–water partition coefficient (Wildman–Crippen LogP) is 1.71. The van der Waals surface area contributed by atoms with E-state index in [1.54, 1.807) is 26.0 Å². The van der Waals surface area contributed by atoms with Gasteiger partial charge in [0.2, 0.25) is 10.0 Å². The summed E-state index contributed by atoms with van der Waals surface area (Å²) in [5.41, 5.74) is 0.759. The van der Waals surface area contributed by atoms with Crippen molar-refractivity contribution in [1.82, 2.24) is 4.31 Å². The Morgan fingerprint density at radius 2 is 2.09 bits per heavy atom. The Bertz CT molecular complexity index is 684. The van der Waals surface area contributed by atoms with Gasteiger partial charge in [-0.2, -0.15) is 4.31 Å². The van der Waals surface area contributed by atoms with E-state index in [0.29, 0.717) is 18.5 Å². The van der Waals surface area contributed by atoms with E-state index in [9.17, 15) is 18.3 Å². The molecule has 23 heavy (non-hydrogen) atoms. The number of benzene rings is 1. The molecular weight excluding hydrogens is 318 g/mol. The molecule has 128 valence electrons. The minimum absolute atomic E-state index is 0.0907. The van der Waals surface area contributed by atoms with Crippen molar-refractivity contribution in [3.05, 3.63) is 29.3 Å². The van der Waals surface area contributed by atoms with E-state index in [-0.39, 0.29) is 10.5 Å². The lowest BCUT2D eigenvalue weighted by Crippen LogP contribution is -2.48. The first-order valence-electron chi connectivity index (χ1n) is 7.68. The average Bonchev–Trinajstić information content (AvgIpc) is 2.54. The number of rotatable bonds is 4. The Morgan fingerprint density at radius 1 is 1.39 bits per heavy atom. The number of aliphatic hydroxyl groups is 1. The van der Waals surface area contributed by atoms with Gasteiger partial charge in [0.05, 0.1) is 29.7 Å². The van der Waals surface area contributed by atoms with Crippen LogP contribution in [0.2, 0.25) is 0 Å². The monoisotopic (exact) mass is 341 g/mol. The normalized spacial score (nSPS) is 21.0. The lowest BCUT2D eigenvalue weighted by molar-refractivity contribution is 0.0600. The summed E-state index contributed by atoms with van der Waals surface area (Å²) in [5, 5.41) is 9.93. The third-order valence-electron chi connectivity index (χ3n) is 4.25. The van der Waals surface area contributed by atoms with Crippen LogP contribution in [0, 0.1) is 6.92 Å². The molecule has 1 aliphatic rings. The van der Waals surface area contributed by atoms with Crippen LogP contribution < -0.4 is 0 Å². The van der Waals surface area contributed by atoms with Crippen molar-refractivity contribution >= 4 is 16.0 Å². The van der Waals surface area contributed by atoms with Crippen LogP contribution in [0.25, 0.3) is 0 Å². The summed E-state index contributed by atoms with van der Waals surface area (Å²) < 4.78 is 32.1. The maximum absolute atomic E-state index is 13.0. The molecule has 1 fully saturated rings. The van der Waals surface area contributed by atoms with E-state index in [2.05, 4.69) is 4.74 Å². The molecule has 2 rings (SSSR count). The highest BCUT2D eigenvalue weighted by Gasteiger charge is 2.36. The number of hydrogen-bond donors (Lipinski definition) is 1. The summed E-state index contributed by atoms with van der Waals surface area (Å²) in [7, 11) is -2.53. The maximum Gasteiger partial charge on any atom is 0.337 e. The molecule has 6 nitrogen and oxygen atoms in total. The largest absolute Gasteiger partial charge is 0.465 e. The second-order valence-electron chi connectivity index (χ2n) is 5.89. The third-order valence-corrected chi connectivity index (χ3v) is 6.32. The van der Waals surface area contributed by atoms with Crippen molar-refractivity contribution in [2.75, 3.05) is 13.7 Å². The van der Waals surface area contributed by atoms with Gasteiger partial charge in [-0.1, -0.05) is 12.5 Å². The Labute approximate surface area is 137 Å². The zero-order chi connectivity index (χ0) is 17.2. The van der Waals surface area contributed by atoms with Crippen LogP contribution in [-0.2, 0) is 14.8 Å². The number of methoxy groups -OCH3 is 1. The van der Waals surface area contributed by atoms with Crippen molar-refractivity contribution in [3.8, 4) is 0 Å². The van der Waals surface area contributed by atoms with Crippen molar-refractivity contribution < 1.29 is 23.1 Å². The van der Waals surface area contributed by atoms with Gasteiger partial charge in [-0.25, -0.2) is 13.2 Å². The smallest absolute Gasteiger partial charge is 0.337 e. The first-order chi connectivity index (χ1) is 10.8. The summed E-state index contributed by atoms with van der Waals surface area (Å²) in [6.45, 7) is 3.67. The standard InChI is InChI=1S/C16H23NO5S/c1-11-7-8-13(16(19)22-3)10-15(11)23(20,21)17-9-5-4-6-14(17)12(2)18/h7-8,10,12,14,18H,4-6,9H2,1-3H3/t12-,14-/m0/s1. The third kappa shape index (κ3) is 3.57. The van der Waals surface area contributed by atoms with Crippen molar-refractivity contribution in [2.45, 2.75) is 50.2 Å². The van der Waals surface area contributed by atoms with Gasteiger partial charge in [-0.3, -0.25) is 0 Å². The SMILES string of the molecule is COC(=O)c1ccc(C)c(S(=O)(=O)N2CCCC[C@H]2[C@H](C)O)c1. The van der Waals surface area contributed by atoms with Crippen LogP contribution in [0.1, 0.15) is 42.1 Å². The Hall–Kier alpha value is -1.44. The molecule has 0 aromatic heterocycles. The molecule has 0 radical (unpaired) electrons. The molecule has 1 heterocycles. The van der Waals surface area contributed by atoms with Crippen LogP contribution in [0.3, 0.4) is 0 Å². The lowest BCUT2D eigenvalue weighted by atomic mass is 10.0. The van der Waals surface area contributed by atoms with Crippen LogP contribution in [0.15, 0.2) is 23.1 Å². The highest BCUT2D eigenvalue weighted by molar-refractivity contribution is 7.89. The summed E-state index contributed by atoms with van der Waals surface area (Å²) in [6.07, 6.45) is 1.54. The quantitative estimate of drug-likeness (QED) is 0.843. The molecule has 1 aliphatic heterocycles. The minimum atomic E-state index is -3.79. The minimum Gasteiger partial charge on any atom is -0.465 e. The van der Waals surface area contributed by atoms with Gasteiger partial charge in [0.1, 0.15) is 0 Å². The highest BCUT2D eigenvalue weighted by Crippen LogP contribution is 2.29. The lowest BCUT2D eigenvalue weighted by Gasteiger charge is -2.36. The second kappa shape index (κ2) is 6.98. The van der Waals surface area contributed by atoms with E-state index in [1.165, 1.54) is 17.5 Å². The molecule has 0 bridgehead atoms. The van der Waals surface area contributed by atoms with E-state index in [1.807, 2.05) is 0 Å². The molecule has 2 atom stereocenters. The molecule has 0 aliphatic carbocycles. The van der Waals surface area contributed by atoms with Crippen molar-refractivity contribution in [3.63, 3.8) is 0 Å². The van der Waals surface area contributed by atoms with Crippen molar-refractivity contribution in [1.29, 1.82) is 0 Å². The molecule has 0 spiro atoms. The fraction of sp³-hybridized carbons (Fsp3) is 0.562. The van der Waals surface area contributed by atoms with Crippen molar-refractivity contribution in [2.24, 2.45) is 0 Å². The molecule has 1 aromatic rings. The summed E-state index contributed by atoms with van der Waals surface area (Å²) in [4.78, 5) is 11.8. The van der Waals surface area contributed by atoms with Gasteiger partial charge in [0, 0.05) is 6.54 Å². The zero-order valence-electron chi connectivity index (χ0n) is 13.7. The number of aryl methyl sites for hydroxylation is 1. The van der Waals surface area contributed by atoms with Crippen LogP contribution in [0.4, 0.5) is 0 Å². The van der Waals surface area contributed by atoms with Crippen LogP contribution in [-0.4, -0.2) is 49.6 Å². The number of carbonyl (C=O) groups excluding carboxylic acids is 1. The fourth-order valence-electron chi connectivity index (χ4n) is 2.96. The number of esters is 1. The molecule has 1 N–H and O–H groups in total. The van der Waals surface area contributed by atoms with Gasteiger partial charge in [-0.15, -0.1) is 0 Å².